The summed E-state index contributed by atoms with van der Waals surface area (Å²) >= 11 is 0. The number of carbonyl (C=O) groups excluding carboxylic acids is 3. The van der Waals surface area contributed by atoms with Crippen LogP contribution in [-0.2, 0) is 28.6 Å². The maximum absolute atomic E-state index is 12.8. The molecule has 0 spiro atoms. The van der Waals surface area contributed by atoms with Gasteiger partial charge >= 0.3 is 17.9 Å². The molecular weight excluding hydrogens is 805 g/mol. The molecule has 0 rings (SSSR count). The van der Waals surface area contributed by atoms with Gasteiger partial charge in [-0.3, -0.25) is 14.4 Å². The van der Waals surface area contributed by atoms with Gasteiger partial charge in [0.05, 0.1) is 0 Å². The fourth-order valence-electron chi connectivity index (χ4n) is 7.29. The molecule has 0 aliphatic rings. The van der Waals surface area contributed by atoms with E-state index in [4.69, 9.17) is 14.2 Å². The zero-order valence-electron chi connectivity index (χ0n) is 42.5. The minimum absolute atomic E-state index is 0.100. The molecule has 6 nitrogen and oxygen atoms in total. The van der Waals surface area contributed by atoms with Crippen molar-refractivity contribution in [3.05, 3.63) is 85.1 Å². The van der Waals surface area contributed by atoms with Gasteiger partial charge in [0, 0.05) is 19.3 Å². The maximum Gasteiger partial charge on any atom is 0.306 e. The first-order chi connectivity index (χ1) is 32.0. The number of esters is 3. The summed E-state index contributed by atoms with van der Waals surface area (Å²) in [5.74, 6) is -0.972. The fourth-order valence-corrected chi connectivity index (χ4v) is 7.29. The average molecular weight is 905 g/mol. The monoisotopic (exact) mass is 905 g/mol. The first-order valence-corrected chi connectivity index (χ1v) is 27.1. The summed E-state index contributed by atoms with van der Waals surface area (Å²) in [5, 5.41) is 0. The van der Waals surface area contributed by atoms with Crippen LogP contribution in [0.2, 0.25) is 0 Å². The van der Waals surface area contributed by atoms with Crippen LogP contribution in [0.4, 0.5) is 0 Å². The van der Waals surface area contributed by atoms with Crippen molar-refractivity contribution in [1.82, 2.24) is 0 Å². The van der Waals surface area contributed by atoms with Crippen molar-refractivity contribution in [2.24, 2.45) is 0 Å². The molecule has 0 saturated carbocycles. The van der Waals surface area contributed by atoms with E-state index in [1.165, 1.54) is 116 Å². The number of hydrogen-bond donors (Lipinski definition) is 0. The SMILES string of the molecule is CC/C=C\C/C=C\C/C=C\C/C=C\C/C=C\CCCC(=O)OC[C@@H](COC(=O)CCCCCCC/C=C\CCCCCC)OC(=O)CCCCCCCCC/C=C\CCCCCCCC. The van der Waals surface area contributed by atoms with Crippen LogP contribution >= 0.6 is 0 Å². The van der Waals surface area contributed by atoms with Crippen molar-refractivity contribution in [2.45, 2.75) is 258 Å². The molecule has 372 valence electrons. The molecule has 0 aliphatic carbocycles. The molecule has 0 N–H and O–H groups in total. The number of hydrogen-bond acceptors (Lipinski definition) is 6. The molecule has 0 fully saturated rings. The highest BCUT2D eigenvalue weighted by Gasteiger charge is 2.19. The third-order valence-electron chi connectivity index (χ3n) is 11.4. The van der Waals surface area contributed by atoms with Crippen LogP contribution < -0.4 is 0 Å². The Labute approximate surface area is 401 Å². The second kappa shape index (κ2) is 53.2. The fraction of sp³-hybridized carbons (Fsp3) is 0.712. The van der Waals surface area contributed by atoms with E-state index in [2.05, 4.69) is 106 Å². The summed E-state index contributed by atoms with van der Waals surface area (Å²) < 4.78 is 16.8. The average Bonchev–Trinajstić information content (AvgIpc) is 3.30. The Morgan fingerprint density at radius 3 is 1.03 bits per heavy atom. The Morgan fingerprint density at radius 1 is 0.323 bits per heavy atom. The maximum atomic E-state index is 12.8. The van der Waals surface area contributed by atoms with E-state index < -0.39 is 6.10 Å². The van der Waals surface area contributed by atoms with Gasteiger partial charge < -0.3 is 14.2 Å². The molecule has 65 heavy (non-hydrogen) atoms. The molecular formula is C59H100O6. The topological polar surface area (TPSA) is 78.9 Å². The third kappa shape index (κ3) is 51.4. The number of carbonyl (C=O) groups is 3. The van der Waals surface area contributed by atoms with Crippen molar-refractivity contribution >= 4 is 17.9 Å². The highest BCUT2D eigenvalue weighted by Crippen LogP contribution is 2.14. The normalized spacial score (nSPS) is 12.7. The smallest absolute Gasteiger partial charge is 0.306 e. The van der Waals surface area contributed by atoms with Gasteiger partial charge in [0.25, 0.3) is 0 Å². The van der Waals surface area contributed by atoms with Crippen molar-refractivity contribution < 1.29 is 28.6 Å². The van der Waals surface area contributed by atoms with Crippen molar-refractivity contribution in [1.29, 1.82) is 0 Å². The predicted molar refractivity (Wildman–Crippen MR) is 279 cm³/mol. The Kier molecular flexibility index (Phi) is 50.4. The second-order valence-electron chi connectivity index (χ2n) is 17.7. The van der Waals surface area contributed by atoms with E-state index >= 15 is 0 Å². The first kappa shape index (κ1) is 61.6. The molecule has 0 saturated heterocycles. The van der Waals surface area contributed by atoms with Crippen LogP contribution in [0.15, 0.2) is 85.1 Å². The Balaban J connectivity index is 4.48. The van der Waals surface area contributed by atoms with Crippen molar-refractivity contribution in [2.75, 3.05) is 13.2 Å². The first-order valence-electron chi connectivity index (χ1n) is 27.1. The lowest BCUT2D eigenvalue weighted by Gasteiger charge is -2.18. The molecule has 0 bridgehead atoms. The van der Waals surface area contributed by atoms with Crippen LogP contribution in [0.3, 0.4) is 0 Å². The number of unbranched alkanes of at least 4 members (excludes halogenated alkanes) is 23. The number of rotatable bonds is 48. The van der Waals surface area contributed by atoms with Crippen LogP contribution in [0.1, 0.15) is 252 Å². The lowest BCUT2D eigenvalue weighted by molar-refractivity contribution is -0.167. The van der Waals surface area contributed by atoms with Crippen LogP contribution in [0.25, 0.3) is 0 Å². The molecule has 0 radical (unpaired) electrons. The Morgan fingerprint density at radius 2 is 0.615 bits per heavy atom. The van der Waals surface area contributed by atoms with Crippen LogP contribution in [0.5, 0.6) is 0 Å². The highest BCUT2D eigenvalue weighted by atomic mass is 16.6. The molecule has 0 unspecified atom stereocenters. The van der Waals surface area contributed by atoms with Gasteiger partial charge in [0.15, 0.2) is 6.10 Å². The van der Waals surface area contributed by atoms with Gasteiger partial charge in [-0.2, -0.15) is 0 Å². The van der Waals surface area contributed by atoms with Crippen molar-refractivity contribution in [3.63, 3.8) is 0 Å². The summed E-state index contributed by atoms with van der Waals surface area (Å²) in [4.78, 5) is 38.0. The molecule has 0 aliphatic heterocycles. The van der Waals surface area contributed by atoms with E-state index in [0.29, 0.717) is 19.3 Å². The third-order valence-corrected chi connectivity index (χ3v) is 11.4. The summed E-state index contributed by atoms with van der Waals surface area (Å²) in [6.07, 6.45) is 68.6. The van der Waals surface area contributed by atoms with Gasteiger partial charge in [0.1, 0.15) is 13.2 Å². The molecule has 0 aromatic carbocycles. The standard InChI is InChI=1S/C59H100O6/c1-4-7-10-13-16-19-22-25-27-29-31-34-37-40-43-46-49-52-58(61)64-55-56(54-63-57(60)51-48-45-42-39-36-33-24-21-18-15-12-9-6-3)65-59(62)53-50-47-44-41-38-35-32-30-28-26-23-20-17-14-11-8-5-2/h7,10,16,19,21,24-28,31,34,40,43,56H,4-6,8-9,11-15,17-18,20,22-23,29-30,32-33,35-39,41-42,44-55H2,1-3H3/b10-7-,19-16-,24-21-,27-25-,28-26-,34-31-,43-40-/t56-/m1/s1. The predicted octanol–water partition coefficient (Wildman–Crippen LogP) is 18.0. The molecule has 0 aromatic rings. The minimum Gasteiger partial charge on any atom is -0.462 e. The van der Waals surface area contributed by atoms with Crippen molar-refractivity contribution in [3.8, 4) is 0 Å². The van der Waals surface area contributed by atoms with Crippen LogP contribution in [-0.4, -0.2) is 37.2 Å². The molecule has 6 heteroatoms. The summed E-state index contributed by atoms with van der Waals surface area (Å²) in [7, 11) is 0. The summed E-state index contributed by atoms with van der Waals surface area (Å²) in [6.45, 7) is 6.45. The van der Waals surface area contributed by atoms with Gasteiger partial charge in [0.2, 0.25) is 0 Å². The van der Waals surface area contributed by atoms with Gasteiger partial charge in [-0.15, -0.1) is 0 Å². The highest BCUT2D eigenvalue weighted by molar-refractivity contribution is 5.71. The van der Waals surface area contributed by atoms with E-state index in [1.807, 2.05) is 0 Å². The molecule has 0 amide bonds. The quantitative estimate of drug-likeness (QED) is 0.0262. The van der Waals surface area contributed by atoms with Gasteiger partial charge in [-0.1, -0.05) is 209 Å². The summed E-state index contributed by atoms with van der Waals surface area (Å²) in [6, 6.07) is 0. The molecule has 0 heterocycles. The van der Waals surface area contributed by atoms with Gasteiger partial charge in [-0.25, -0.2) is 0 Å². The number of allylic oxidation sites excluding steroid dienone is 14. The zero-order chi connectivity index (χ0) is 47.2. The van der Waals surface area contributed by atoms with E-state index in [0.717, 1.165) is 89.9 Å². The minimum atomic E-state index is -0.805. The Bertz CT molecular complexity index is 1270. The largest absolute Gasteiger partial charge is 0.462 e. The second-order valence-corrected chi connectivity index (χ2v) is 17.7. The van der Waals surface area contributed by atoms with Crippen LogP contribution in [0, 0.1) is 0 Å². The Hall–Kier alpha value is -3.41. The summed E-state index contributed by atoms with van der Waals surface area (Å²) in [5.41, 5.74) is 0. The molecule has 1 atom stereocenters. The lowest BCUT2D eigenvalue weighted by atomic mass is 10.1. The number of ether oxygens (including phenoxy) is 3. The van der Waals surface area contributed by atoms with E-state index in [9.17, 15) is 14.4 Å². The lowest BCUT2D eigenvalue weighted by Crippen LogP contribution is -2.30. The van der Waals surface area contributed by atoms with E-state index in [1.54, 1.807) is 0 Å². The zero-order valence-corrected chi connectivity index (χ0v) is 42.5. The molecule has 0 aromatic heterocycles. The van der Waals surface area contributed by atoms with Gasteiger partial charge in [-0.05, 0) is 109 Å². The van der Waals surface area contributed by atoms with E-state index in [-0.39, 0.29) is 37.5 Å².